The van der Waals surface area contributed by atoms with Gasteiger partial charge < -0.3 is 10.2 Å². The molecule has 0 bridgehead atoms. The van der Waals surface area contributed by atoms with Gasteiger partial charge in [0.25, 0.3) is 0 Å². The van der Waals surface area contributed by atoms with Gasteiger partial charge in [-0.1, -0.05) is 61.5 Å². The Bertz CT molecular complexity index is 1390. The molecular weight excluding hydrogens is 579 g/mol. The summed E-state index contributed by atoms with van der Waals surface area (Å²) in [6.45, 7) is 5.12. The quantitative estimate of drug-likeness (QED) is 0.189. The second kappa shape index (κ2) is 13.3. The number of carbonyl (C=O) groups is 1. The van der Waals surface area contributed by atoms with Crippen molar-refractivity contribution in [1.82, 2.24) is 4.98 Å². The van der Waals surface area contributed by atoms with Crippen LogP contribution in [0.1, 0.15) is 97.0 Å². The van der Waals surface area contributed by atoms with Gasteiger partial charge in [-0.25, -0.2) is 4.98 Å². The van der Waals surface area contributed by atoms with Gasteiger partial charge in [0, 0.05) is 22.3 Å². The highest BCUT2D eigenvalue weighted by atomic mass is 32.2. The Morgan fingerprint density at radius 2 is 1.88 bits per heavy atom. The molecule has 9 heteroatoms. The average Bonchev–Trinajstić information content (AvgIpc) is 3.48. The van der Waals surface area contributed by atoms with Crippen molar-refractivity contribution in [3.05, 3.63) is 86.9 Å². The number of carboxylic acids is 1. The lowest BCUT2D eigenvalue weighted by molar-refractivity contribution is -0.139. The predicted octanol–water partition coefficient (Wildman–Crippen LogP) is 9.26. The maximum atomic E-state index is 12.8. The van der Waals surface area contributed by atoms with Gasteiger partial charge in [-0.05, 0) is 73.3 Å². The minimum atomic E-state index is -4.23. The molecule has 4 nitrogen and oxygen atoms in total. The third-order valence-electron chi connectivity index (χ3n) is 7.71. The molecule has 1 aromatic heterocycles. The van der Waals surface area contributed by atoms with Crippen LogP contribution in [0.5, 0.6) is 0 Å². The number of thiazole rings is 1. The molecule has 4 rings (SSSR count). The first-order valence-electron chi connectivity index (χ1n) is 14.2. The number of halogens is 3. The highest BCUT2D eigenvalue weighted by Gasteiger charge is 2.44. The largest absolute Gasteiger partial charge is 0.481 e. The van der Waals surface area contributed by atoms with E-state index in [0.29, 0.717) is 10.7 Å². The smallest absolute Gasteiger partial charge is 0.389 e. The number of rotatable bonds is 14. The van der Waals surface area contributed by atoms with Crippen LogP contribution in [0.4, 0.5) is 13.2 Å². The number of aliphatic hydroxyl groups is 1. The van der Waals surface area contributed by atoms with Crippen molar-refractivity contribution >= 4 is 41.2 Å². The Hall–Kier alpha value is -2.62. The third kappa shape index (κ3) is 9.44. The number of nitrogens with zero attached hydrogens (tertiary/aromatic N) is 1. The van der Waals surface area contributed by atoms with Crippen molar-refractivity contribution in [3.8, 4) is 0 Å². The van der Waals surface area contributed by atoms with Crippen molar-refractivity contribution in [1.29, 1.82) is 0 Å². The molecule has 42 heavy (non-hydrogen) atoms. The highest BCUT2D eigenvalue weighted by molar-refractivity contribution is 7.99. The van der Waals surface area contributed by atoms with Crippen LogP contribution in [0.15, 0.2) is 53.9 Å². The molecular formula is C33H38F3NO3S2. The number of thioether (sulfide) groups is 1. The van der Waals surface area contributed by atoms with E-state index >= 15 is 0 Å². The lowest BCUT2D eigenvalue weighted by atomic mass is 9.90. The normalized spacial score (nSPS) is 16.5. The molecule has 0 aliphatic heterocycles. The molecule has 1 aliphatic rings. The molecule has 0 saturated heterocycles. The number of benzene rings is 2. The van der Waals surface area contributed by atoms with E-state index in [1.807, 2.05) is 42.5 Å². The Morgan fingerprint density at radius 3 is 2.55 bits per heavy atom. The molecule has 0 amide bonds. The van der Waals surface area contributed by atoms with Gasteiger partial charge in [0.05, 0.1) is 24.1 Å². The number of aromatic nitrogens is 1. The summed E-state index contributed by atoms with van der Waals surface area (Å²) in [6.07, 6.45) is 2.28. The van der Waals surface area contributed by atoms with Crippen molar-refractivity contribution < 1.29 is 28.2 Å². The Labute approximate surface area is 254 Å². The fourth-order valence-electron chi connectivity index (χ4n) is 5.20. The van der Waals surface area contributed by atoms with E-state index < -0.39 is 30.1 Å². The molecule has 0 spiro atoms. The lowest BCUT2D eigenvalue weighted by Crippen LogP contribution is -2.18. The second-order valence-corrected chi connectivity index (χ2v) is 14.0. The molecule has 1 aliphatic carbocycles. The lowest BCUT2D eigenvalue weighted by Gasteiger charge is -2.24. The van der Waals surface area contributed by atoms with Crippen LogP contribution >= 0.6 is 23.1 Å². The van der Waals surface area contributed by atoms with E-state index in [1.54, 1.807) is 37.9 Å². The highest BCUT2D eigenvalue weighted by Crippen LogP contribution is 2.53. The third-order valence-corrected chi connectivity index (χ3v) is 10.2. The molecule has 3 aromatic rings. The van der Waals surface area contributed by atoms with Gasteiger partial charge in [-0.3, -0.25) is 4.79 Å². The first kappa shape index (κ1) is 32.3. The second-order valence-electron chi connectivity index (χ2n) is 12.0. The van der Waals surface area contributed by atoms with Gasteiger partial charge in [0.15, 0.2) is 0 Å². The van der Waals surface area contributed by atoms with E-state index in [1.165, 1.54) is 11.3 Å². The summed E-state index contributed by atoms with van der Waals surface area (Å²) in [6, 6.07) is 16.1. The Kier molecular flexibility index (Phi) is 10.3. The van der Waals surface area contributed by atoms with Gasteiger partial charge in [0.2, 0.25) is 0 Å². The van der Waals surface area contributed by atoms with Crippen molar-refractivity contribution in [2.24, 2.45) is 5.41 Å². The zero-order chi connectivity index (χ0) is 30.5. The van der Waals surface area contributed by atoms with Crippen LogP contribution in [0.25, 0.3) is 12.2 Å². The van der Waals surface area contributed by atoms with Crippen LogP contribution in [-0.2, 0) is 16.8 Å². The van der Waals surface area contributed by atoms with E-state index in [2.05, 4.69) is 23.2 Å². The fourth-order valence-corrected chi connectivity index (χ4v) is 7.60. The van der Waals surface area contributed by atoms with E-state index in [-0.39, 0.29) is 17.1 Å². The molecule has 2 atom stereocenters. The SMILES string of the molecule is CC(CC(F)(F)F)c1csc(/C=C/c2cccc([C@@H](CCc3ccccc3C(C)(C)O)SCC3(CC(=O)O)CC3)c2)n1. The van der Waals surface area contributed by atoms with Crippen LogP contribution in [0.3, 0.4) is 0 Å². The number of hydrogen-bond donors (Lipinski definition) is 2. The number of aliphatic carboxylic acids is 1. The molecule has 0 radical (unpaired) electrons. The summed E-state index contributed by atoms with van der Waals surface area (Å²) in [7, 11) is 0. The molecule has 1 unspecified atom stereocenters. The maximum absolute atomic E-state index is 12.8. The van der Waals surface area contributed by atoms with E-state index in [0.717, 1.165) is 53.7 Å². The summed E-state index contributed by atoms with van der Waals surface area (Å²) in [5, 5.41) is 22.6. The first-order valence-corrected chi connectivity index (χ1v) is 16.1. The molecule has 1 saturated carbocycles. The summed E-state index contributed by atoms with van der Waals surface area (Å²) in [4.78, 5) is 15.9. The molecule has 2 N–H and O–H groups in total. The van der Waals surface area contributed by atoms with E-state index in [4.69, 9.17) is 0 Å². The Balaban J connectivity index is 1.52. The summed E-state index contributed by atoms with van der Waals surface area (Å²) >= 11 is 3.13. The zero-order valence-electron chi connectivity index (χ0n) is 24.2. The monoisotopic (exact) mass is 617 g/mol. The van der Waals surface area contributed by atoms with Crippen molar-refractivity contribution in [2.45, 2.75) is 82.2 Å². The van der Waals surface area contributed by atoms with Crippen LogP contribution in [0.2, 0.25) is 0 Å². The topological polar surface area (TPSA) is 70.4 Å². The molecule has 2 aromatic carbocycles. The van der Waals surface area contributed by atoms with Crippen LogP contribution in [-0.4, -0.2) is 33.1 Å². The molecule has 226 valence electrons. The standard InChI is InChI=1S/C33H38F3NO3S2/c1-22(18-33(34,35)36)27-20-41-29(37-27)14-11-23-7-6-9-25(17-23)28(42-21-32(15-16-32)19-30(38)39)13-12-24-8-4-5-10-26(24)31(2,3)40/h4-11,14,17,20,22,28,40H,12-13,15-16,18-19,21H2,1-3H3,(H,38,39)/b14-11+/t22?,28-/m1/s1. The fraction of sp³-hybridized carbons (Fsp3) is 0.455. The van der Waals surface area contributed by atoms with Gasteiger partial charge in [-0.2, -0.15) is 24.9 Å². The van der Waals surface area contributed by atoms with Gasteiger partial charge >= 0.3 is 12.1 Å². The minimum Gasteiger partial charge on any atom is -0.481 e. The first-order chi connectivity index (χ1) is 19.7. The molecule has 1 heterocycles. The number of carboxylic acid groups (broad SMARTS) is 1. The van der Waals surface area contributed by atoms with Crippen molar-refractivity contribution in [2.75, 3.05) is 5.75 Å². The molecule has 1 fully saturated rings. The van der Waals surface area contributed by atoms with Crippen molar-refractivity contribution in [3.63, 3.8) is 0 Å². The number of alkyl halides is 3. The number of aryl methyl sites for hydroxylation is 1. The van der Waals surface area contributed by atoms with Gasteiger partial charge in [0.1, 0.15) is 5.01 Å². The van der Waals surface area contributed by atoms with Crippen LogP contribution < -0.4 is 0 Å². The predicted molar refractivity (Wildman–Crippen MR) is 166 cm³/mol. The van der Waals surface area contributed by atoms with Gasteiger partial charge in [-0.15, -0.1) is 11.3 Å². The Morgan fingerprint density at radius 1 is 1.14 bits per heavy atom. The summed E-state index contributed by atoms with van der Waals surface area (Å²) < 4.78 is 38.4. The summed E-state index contributed by atoms with van der Waals surface area (Å²) in [5.41, 5.74) is 3.45. The van der Waals surface area contributed by atoms with Crippen LogP contribution in [0, 0.1) is 5.41 Å². The summed E-state index contributed by atoms with van der Waals surface area (Å²) in [5.74, 6) is -0.675. The number of hydrogen-bond acceptors (Lipinski definition) is 5. The maximum Gasteiger partial charge on any atom is 0.389 e. The average molecular weight is 618 g/mol. The minimum absolute atomic E-state index is 0.120. The van der Waals surface area contributed by atoms with E-state index in [9.17, 15) is 28.2 Å². The zero-order valence-corrected chi connectivity index (χ0v) is 25.8.